The van der Waals surface area contributed by atoms with Gasteiger partial charge in [0.05, 0.1) is 18.3 Å². The topological polar surface area (TPSA) is 163 Å². The van der Waals surface area contributed by atoms with Crippen LogP contribution in [0.4, 0.5) is 0 Å². The Labute approximate surface area is 140 Å². The summed E-state index contributed by atoms with van der Waals surface area (Å²) in [5.41, 5.74) is 12.4. The summed E-state index contributed by atoms with van der Waals surface area (Å²) in [6.45, 7) is 1.47. The Bertz CT molecular complexity index is 532. The zero-order chi connectivity index (χ0) is 17.9. The maximum absolute atomic E-state index is 12.5. The molecule has 0 radical (unpaired) electrons. The number of aliphatic hydroxyl groups is 3. The van der Waals surface area contributed by atoms with Crippen molar-refractivity contribution in [3.63, 3.8) is 0 Å². The molecular formula is C15H26N4O5. The van der Waals surface area contributed by atoms with E-state index in [1.165, 1.54) is 0 Å². The van der Waals surface area contributed by atoms with Crippen LogP contribution in [0.25, 0.3) is 0 Å². The van der Waals surface area contributed by atoms with E-state index in [-0.39, 0.29) is 17.5 Å². The molecule has 1 amide bonds. The third-order valence-corrected chi connectivity index (χ3v) is 4.01. The average Bonchev–Trinajstić information content (AvgIpc) is 3.34. The molecule has 0 aromatic rings. The van der Waals surface area contributed by atoms with Gasteiger partial charge in [0.1, 0.15) is 24.0 Å². The Kier molecular flexibility index (Phi) is 6.16. The smallest absolute Gasteiger partial charge is 0.273 e. The summed E-state index contributed by atoms with van der Waals surface area (Å²) >= 11 is 0. The van der Waals surface area contributed by atoms with Gasteiger partial charge >= 0.3 is 0 Å². The molecule has 4 atom stereocenters. The number of ether oxygens (including phenoxy) is 1. The van der Waals surface area contributed by atoms with Gasteiger partial charge in [-0.05, 0) is 19.3 Å². The standard InChI is InChI=1S/C15H26N4O5/c1-2-3-8(16)10(17)11(18-7-4-5-7)14(23)19-15-13(22)12(21)9(6-20)24-15/h7,9,12-13,15,20-22H,2-6,16-17H2,1H3,(H,19,23). The van der Waals surface area contributed by atoms with Crippen LogP contribution in [0.3, 0.4) is 0 Å². The van der Waals surface area contributed by atoms with Gasteiger partial charge in [-0.15, -0.1) is 0 Å². The number of nitrogens with zero attached hydrogens (tertiary/aromatic N) is 1. The lowest BCUT2D eigenvalue weighted by Crippen LogP contribution is -2.47. The monoisotopic (exact) mass is 342 g/mol. The minimum Gasteiger partial charge on any atom is -0.400 e. The summed E-state index contributed by atoms with van der Waals surface area (Å²) in [7, 11) is 0. The maximum Gasteiger partial charge on any atom is 0.273 e. The summed E-state index contributed by atoms with van der Waals surface area (Å²) in [6.07, 6.45) is -1.69. The molecule has 2 rings (SSSR count). The van der Waals surface area contributed by atoms with E-state index in [0.717, 1.165) is 19.3 Å². The maximum atomic E-state index is 12.5. The molecule has 2 aliphatic rings. The zero-order valence-electron chi connectivity index (χ0n) is 13.7. The first-order chi connectivity index (χ1) is 11.4. The van der Waals surface area contributed by atoms with E-state index in [1.807, 2.05) is 6.92 Å². The minimum atomic E-state index is -1.36. The van der Waals surface area contributed by atoms with E-state index in [1.54, 1.807) is 0 Å². The number of amides is 1. The Balaban J connectivity index is 2.13. The van der Waals surface area contributed by atoms with Crippen LogP contribution in [-0.2, 0) is 9.53 Å². The first-order valence-corrected chi connectivity index (χ1v) is 8.14. The number of nitrogens with one attached hydrogen (secondary N) is 1. The quantitative estimate of drug-likeness (QED) is 0.293. The van der Waals surface area contributed by atoms with Crippen molar-refractivity contribution in [3.8, 4) is 0 Å². The van der Waals surface area contributed by atoms with E-state index in [9.17, 15) is 15.0 Å². The van der Waals surface area contributed by atoms with Gasteiger partial charge in [0.25, 0.3) is 5.91 Å². The molecule has 1 saturated carbocycles. The molecule has 1 aliphatic heterocycles. The third-order valence-electron chi connectivity index (χ3n) is 4.01. The van der Waals surface area contributed by atoms with Crippen molar-refractivity contribution in [1.29, 1.82) is 0 Å². The lowest BCUT2D eigenvalue weighted by molar-refractivity contribution is -0.121. The predicted molar refractivity (Wildman–Crippen MR) is 86.7 cm³/mol. The molecule has 0 aromatic carbocycles. The lowest BCUT2D eigenvalue weighted by atomic mass is 10.1. The fourth-order valence-corrected chi connectivity index (χ4v) is 2.41. The number of rotatable bonds is 7. The molecule has 1 aliphatic carbocycles. The van der Waals surface area contributed by atoms with Gasteiger partial charge in [0.15, 0.2) is 6.23 Å². The Morgan fingerprint density at radius 3 is 2.46 bits per heavy atom. The van der Waals surface area contributed by atoms with E-state index < -0.39 is 37.1 Å². The molecule has 1 saturated heterocycles. The summed E-state index contributed by atoms with van der Waals surface area (Å²) in [5.74, 6) is -0.631. The van der Waals surface area contributed by atoms with Crippen LogP contribution in [0.1, 0.15) is 32.6 Å². The number of hydrogen-bond acceptors (Lipinski definition) is 8. The molecule has 0 aromatic heterocycles. The van der Waals surface area contributed by atoms with Gasteiger partial charge in [0.2, 0.25) is 0 Å². The highest BCUT2D eigenvalue weighted by atomic mass is 16.6. The Morgan fingerprint density at radius 2 is 1.96 bits per heavy atom. The van der Waals surface area contributed by atoms with Crippen LogP contribution < -0.4 is 16.8 Å². The van der Waals surface area contributed by atoms with Gasteiger partial charge in [-0.1, -0.05) is 13.3 Å². The fourth-order valence-electron chi connectivity index (χ4n) is 2.41. The molecular weight excluding hydrogens is 316 g/mol. The van der Waals surface area contributed by atoms with E-state index >= 15 is 0 Å². The minimum absolute atomic E-state index is 0.0150. The van der Waals surface area contributed by atoms with Crippen LogP contribution in [0.2, 0.25) is 0 Å². The van der Waals surface area contributed by atoms with Gasteiger partial charge in [-0.3, -0.25) is 9.79 Å². The summed E-state index contributed by atoms with van der Waals surface area (Å²) in [5, 5.41) is 31.2. The van der Waals surface area contributed by atoms with Crippen molar-refractivity contribution >= 4 is 11.6 Å². The molecule has 2 fully saturated rings. The van der Waals surface area contributed by atoms with Crippen molar-refractivity contribution in [3.05, 3.63) is 11.4 Å². The first-order valence-electron chi connectivity index (χ1n) is 8.14. The zero-order valence-corrected chi connectivity index (χ0v) is 13.7. The first kappa shape index (κ1) is 18.7. The van der Waals surface area contributed by atoms with Gasteiger partial charge in [-0.25, -0.2) is 0 Å². The molecule has 136 valence electrons. The summed E-state index contributed by atoms with van der Waals surface area (Å²) < 4.78 is 5.24. The second-order valence-electron chi connectivity index (χ2n) is 6.13. The van der Waals surface area contributed by atoms with E-state index in [0.29, 0.717) is 12.1 Å². The van der Waals surface area contributed by atoms with Gasteiger partial charge in [-0.2, -0.15) is 0 Å². The van der Waals surface area contributed by atoms with Crippen LogP contribution >= 0.6 is 0 Å². The number of carbonyl (C=O) groups excluding carboxylic acids is 1. The van der Waals surface area contributed by atoms with Gasteiger partial charge in [0, 0.05) is 5.70 Å². The Hall–Kier alpha value is -1.68. The SMILES string of the molecule is CCCC(N)=C(N)C(=NC1CC1)C(=O)NC1OC(CO)C(O)C1O. The van der Waals surface area contributed by atoms with E-state index in [2.05, 4.69) is 10.3 Å². The number of hydrogen-bond donors (Lipinski definition) is 6. The van der Waals surface area contributed by atoms with Crippen LogP contribution in [0.5, 0.6) is 0 Å². The molecule has 0 bridgehead atoms. The Morgan fingerprint density at radius 1 is 1.29 bits per heavy atom. The molecule has 8 N–H and O–H groups in total. The molecule has 9 nitrogen and oxygen atoms in total. The fraction of sp³-hybridized carbons (Fsp3) is 0.733. The van der Waals surface area contributed by atoms with E-state index in [4.69, 9.17) is 21.3 Å². The normalized spacial score (nSPS) is 31.8. The predicted octanol–water partition coefficient (Wildman–Crippen LogP) is -1.93. The van der Waals surface area contributed by atoms with Crippen molar-refractivity contribution < 1.29 is 24.9 Å². The highest BCUT2D eigenvalue weighted by molar-refractivity contribution is 6.45. The molecule has 0 spiro atoms. The second-order valence-corrected chi connectivity index (χ2v) is 6.13. The lowest BCUT2D eigenvalue weighted by Gasteiger charge is -2.18. The van der Waals surface area contributed by atoms with Crippen LogP contribution in [0, 0.1) is 0 Å². The summed E-state index contributed by atoms with van der Waals surface area (Å²) in [6, 6.07) is 0.0453. The number of aliphatic imine (C=N–C) groups is 1. The van der Waals surface area contributed by atoms with Crippen molar-refractivity contribution in [2.45, 2.75) is 63.2 Å². The highest BCUT2D eigenvalue weighted by Crippen LogP contribution is 2.25. The number of carbonyl (C=O) groups is 1. The summed E-state index contributed by atoms with van der Waals surface area (Å²) in [4.78, 5) is 16.8. The van der Waals surface area contributed by atoms with Crippen molar-refractivity contribution in [1.82, 2.24) is 5.32 Å². The second kappa shape index (κ2) is 7.93. The number of allylic oxidation sites excluding steroid dienone is 1. The molecule has 24 heavy (non-hydrogen) atoms. The van der Waals surface area contributed by atoms with Crippen LogP contribution in [0.15, 0.2) is 16.4 Å². The number of aliphatic hydroxyl groups excluding tert-OH is 3. The number of nitrogens with two attached hydrogens (primary N) is 2. The molecule has 4 unspecified atom stereocenters. The largest absolute Gasteiger partial charge is 0.400 e. The highest BCUT2D eigenvalue weighted by Gasteiger charge is 2.43. The van der Waals surface area contributed by atoms with Crippen molar-refractivity contribution in [2.75, 3.05) is 6.61 Å². The third kappa shape index (κ3) is 4.23. The van der Waals surface area contributed by atoms with Gasteiger partial charge < -0.3 is 36.8 Å². The van der Waals surface area contributed by atoms with Crippen LogP contribution in [-0.4, -0.2) is 64.1 Å². The molecule has 1 heterocycles. The van der Waals surface area contributed by atoms with Crippen molar-refractivity contribution in [2.24, 2.45) is 16.5 Å². The molecule has 9 heteroatoms. The average molecular weight is 342 g/mol.